The molecular formula is C18H19FO3. The predicted molar refractivity (Wildman–Crippen MR) is 81.1 cm³/mol. The molecule has 1 atom stereocenters. The van der Waals surface area contributed by atoms with E-state index in [1.807, 2.05) is 37.3 Å². The molecule has 2 aromatic rings. The summed E-state index contributed by atoms with van der Waals surface area (Å²) in [6.07, 6.45) is -0.768. The van der Waals surface area contributed by atoms with Gasteiger partial charge >= 0.3 is 0 Å². The lowest BCUT2D eigenvalue weighted by Crippen LogP contribution is -2.44. The third kappa shape index (κ3) is 3.13. The normalized spacial score (nSPS) is 17.6. The molecule has 1 unspecified atom stereocenters. The van der Waals surface area contributed by atoms with E-state index in [0.717, 1.165) is 5.56 Å². The highest BCUT2D eigenvalue weighted by Gasteiger charge is 2.41. The molecule has 1 aliphatic heterocycles. The Labute approximate surface area is 129 Å². The van der Waals surface area contributed by atoms with Crippen molar-refractivity contribution in [3.05, 3.63) is 65.5 Å². The predicted octanol–water partition coefficient (Wildman–Crippen LogP) is 3.47. The molecule has 0 radical (unpaired) electrons. The minimum Gasteiger partial charge on any atom is -0.489 e. The van der Waals surface area contributed by atoms with Gasteiger partial charge in [0.05, 0.1) is 19.3 Å². The minimum absolute atomic E-state index is 0.357. The van der Waals surface area contributed by atoms with Crippen LogP contribution >= 0.6 is 0 Å². The van der Waals surface area contributed by atoms with Crippen LogP contribution in [0.5, 0.6) is 5.75 Å². The van der Waals surface area contributed by atoms with Gasteiger partial charge in [0.15, 0.2) is 0 Å². The first-order valence-corrected chi connectivity index (χ1v) is 7.30. The van der Waals surface area contributed by atoms with Gasteiger partial charge in [-0.05, 0) is 23.3 Å². The van der Waals surface area contributed by atoms with Crippen LogP contribution in [0.15, 0.2) is 48.5 Å². The zero-order chi connectivity index (χ0) is 15.6. The van der Waals surface area contributed by atoms with E-state index in [-0.39, 0.29) is 5.41 Å². The summed E-state index contributed by atoms with van der Waals surface area (Å²) in [7, 11) is 0. The largest absolute Gasteiger partial charge is 0.489 e. The SMILES string of the molecule is CC1(C(O)c2cc(F)cc(OCc3ccccc3)c2)COC1. The van der Waals surface area contributed by atoms with Crippen LogP contribution in [0.25, 0.3) is 0 Å². The zero-order valence-electron chi connectivity index (χ0n) is 12.5. The summed E-state index contributed by atoms with van der Waals surface area (Å²) < 4.78 is 24.6. The van der Waals surface area contributed by atoms with Crippen LogP contribution in [0, 0.1) is 11.2 Å². The lowest BCUT2D eigenvalue weighted by molar-refractivity contribution is -0.163. The number of benzene rings is 2. The van der Waals surface area contributed by atoms with E-state index in [9.17, 15) is 9.50 Å². The lowest BCUT2D eigenvalue weighted by atomic mass is 9.79. The topological polar surface area (TPSA) is 38.7 Å². The zero-order valence-corrected chi connectivity index (χ0v) is 12.5. The molecule has 3 rings (SSSR count). The van der Waals surface area contributed by atoms with Crippen molar-refractivity contribution in [2.45, 2.75) is 19.6 Å². The number of rotatable bonds is 5. The fraction of sp³-hybridized carbons (Fsp3) is 0.333. The van der Waals surface area contributed by atoms with Gasteiger partial charge in [0.25, 0.3) is 0 Å². The molecular weight excluding hydrogens is 283 g/mol. The molecule has 3 nitrogen and oxygen atoms in total. The molecule has 0 bridgehead atoms. The number of aliphatic hydroxyl groups is 1. The van der Waals surface area contributed by atoms with Crippen molar-refractivity contribution in [2.75, 3.05) is 13.2 Å². The van der Waals surface area contributed by atoms with Gasteiger partial charge in [-0.15, -0.1) is 0 Å². The van der Waals surface area contributed by atoms with Gasteiger partial charge in [-0.1, -0.05) is 37.3 Å². The molecule has 0 aliphatic carbocycles. The Morgan fingerprint density at radius 2 is 1.95 bits per heavy atom. The molecule has 1 heterocycles. The molecule has 1 fully saturated rings. The summed E-state index contributed by atoms with van der Waals surface area (Å²) in [5.74, 6) is 0.00481. The van der Waals surface area contributed by atoms with E-state index in [0.29, 0.717) is 31.1 Å². The van der Waals surface area contributed by atoms with Crippen LogP contribution in [-0.2, 0) is 11.3 Å². The smallest absolute Gasteiger partial charge is 0.127 e. The van der Waals surface area contributed by atoms with Crippen LogP contribution < -0.4 is 4.74 Å². The maximum Gasteiger partial charge on any atom is 0.127 e. The van der Waals surface area contributed by atoms with Gasteiger partial charge in [0.2, 0.25) is 0 Å². The van der Waals surface area contributed by atoms with Crippen LogP contribution in [0.3, 0.4) is 0 Å². The van der Waals surface area contributed by atoms with Gasteiger partial charge < -0.3 is 14.6 Å². The van der Waals surface area contributed by atoms with Gasteiger partial charge in [-0.25, -0.2) is 4.39 Å². The highest BCUT2D eigenvalue weighted by molar-refractivity contribution is 5.32. The number of ether oxygens (including phenoxy) is 2. The summed E-state index contributed by atoms with van der Waals surface area (Å²) in [6.45, 7) is 3.24. The monoisotopic (exact) mass is 302 g/mol. The average molecular weight is 302 g/mol. The second-order valence-electron chi connectivity index (χ2n) is 6.04. The van der Waals surface area contributed by atoms with Crippen molar-refractivity contribution in [3.63, 3.8) is 0 Å². The Balaban J connectivity index is 1.75. The van der Waals surface area contributed by atoms with E-state index < -0.39 is 11.9 Å². The molecule has 1 aliphatic rings. The highest BCUT2D eigenvalue weighted by Crippen LogP contribution is 2.41. The Hall–Kier alpha value is -1.91. The average Bonchev–Trinajstić information content (AvgIpc) is 2.50. The van der Waals surface area contributed by atoms with Crippen molar-refractivity contribution in [1.29, 1.82) is 0 Å². The maximum absolute atomic E-state index is 13.8. The molecule has 0 aromatic heterocycles. The number of hydrogen-bond donors (Lipinski definition) is 1. The molecule has 0 amide bonds. The molecule has 2 aromatic carbocycles. The van der Waals surface area contributed by atoms with Crippen molar-refractivity contribution in [3.8, 4) is 5.75 Å². The van der Waals surface area contributed by atoms with E-state index >= 15 is 0 Å². The minimum atomic E-state index is -0.768. The summed E-state index contributed by atoms with van der Waals surface area (Å²) in [6, 6.07) is 14.1. The highest BCUT2D eigenvalue weighted by atomic mass is 19.1. The summed E-state index contributed by atoms with van der Waals surface area (Å²) >= 11 is 0. The van der Waals surface area contributed by atoms with Crippen molar-refractivity contribution < 1.29 is 19.0 Å². The molecule has 116 valence electrons. The van der Waals surface area contributed by atoms with Crippen molar-refractivity contribution >= 4 is 0 Å². The van der Waals surface area contributed by atoms with E-state index in [2.05, 4.69) is 0 Å². The van der Waals surface area contributed by atoms with E-state index in [4.69, 9.17) is 9.47 Å². The third-order valence-corrected chi connectivity index (χ3v) is 3.98. The Morgan fingerprint density at radius 1 is 1.23 bits per heavy atom. The summed E-state index contributed by atoms with van der Waals surface area (Å²) in [4.78, 5) is 0. The van der Waals surface area contributed by atoms with Gasteiger partial charge in [0, 0.05) is 11.5 Å². The van der Waals surface area contributed by atoms with E-state index in [1.54, 1.807) is 6.07 Å². The van der Waals surface area contributed by atoms with Crippen molar-refractivity contribution in [2.24, 2.45) is 5.41 Å². The fourth-order valence-electron chi connectivity index (χ4n) is 2.55. The Morgan fingerprint density at radius 3 is 2.59 bits per heavy atom. The molecule has 0 saturated carbocycles. The van der Waals surface area contributed by atoms with Crippen LogP contribution in [0.2, 0.25) is 0 Å². The Bertz CT molecular complexity index is 638. The molecule has 1 N–H and O–H groups in total. The van der Waals surface area contributed by atoms with Gasteiger partial charge in [-0.2, -0.15) is 0 Å². The Kier molecular flexibility index (Phi) is 4.14. The number of hydrogen-bond acceptors (Lipinski definition) is 3. The fourth-order valence-corrected chi connectivity index (χ4v) is 2.55. The second-order valence-corrected chi connectivity index (χ2v) is 6.04. The maximum atomic E-state index is 13.8. The number of halogens is 1. The first-order valence-electron chi connectivity index (χ1n) is 7.30. The summed E-state index contributed by atoms with van der Waals surface area (Å²) in [5.41, 5.74) is 1.17. The van der Waals surface area contributed by atoms with Gasteiger partial charge in [-0.3, -0.25) is 0 Å². The van der Waals surface area contributed by atoms with Crippen LogP contribution in [0.1, 0.15) is 24.2 Å². The molecule has 4 heteroatoms. The summed E-state index contributed by atoms with van der Waals surface area (Å²) in [5, 5.41) is 10.4. The molecule has 1 saturated heterocycles. The number of aliphatic hydroxyl groups excluding tert-OH is 1. The van der Waals surface area contributed by atoms with Crippen molar-refractivity contribution in [1.82, 2.24) is 0 Å². The van der Waals surface area contributed by atoms with Crippen LogP contribution in [0.4, 0.5) is 4.39 Å². The third-order valence-electron chi connectivity index (χ3n) is 3.98. The van der Waals surface area contributed by atoms with Gasteiger partial charge in [0.1, 0.15) is 18.2 Å². The van der Waals surface area contributed by atoms with Crippen LogP contribution in [-0.4, -0.2) is 18.3 Å². The standard InChI is InChI=1S/C18H19FO3/c1-18(11-21-12-18)17(20)14-7-15(19)9-16(8-14)22-10-13-5-3-2-4-6-13/h2-9,17,20H,10-12H2,1H3. The second kappa shape index (κ2) is 6.07. The lowest BCUT2D eigenvalue weighted by Gasteiger charge is -2.42. The first-order chi connectivity index (χ1) is 10.6. The van der Waals surface area contributed by atoms with E-state index in [1.165, 1.54) is 12.1 Å². The molecule has 22 heavy (non-hydrogen) atoms. The first kappa shape index (κ1) is 15.0. The molecule has 0 spiro atoms. The quantitative estimate of drug-likeness (QED) is 0.919.